The predicted octanol–water partition coefficient (Wildman–Crippen LogP) is 7.59. The van der Waals surface area contributed by atoms with Crippen molar-refractivity contribution in [1.82, 2.24) is 5.32 Å². The summed E-state index contributed by atoms with van der Waals surface area (Å²) in [4.78, 5) is 12.9. The van der Waals surface area contributed by atoms with Crippen LogP contribution < -0.4 is 5.32 Å². The van der Waals surface area contributed by atoms with E-state index < -0.39 is 104 Å². The molecule has 4 aliphatic heterocycles. The van der Waals surface area contributed by atoms with Crippen molar-refractivity contribution in [2.75, 3.05) is 13.2 Å². The van der Waals surface area contributed by atoms with E-state index in [4.69, 9.17) is 56.8 Å². The molecule has 0 radical (unpaired) electrons. The van der Waals surface area contributed by atoms with E-state index in [-0.39, 0.29) is 39.6 Å². The zero-order chi connectivity index (χ0) is 51.4. The number of ether oxygens (including phenoxy) is 12. The van der Waals surface area contributed by atoms with Gasteiger partial charge in [0, 0.05) is 6.92 Å². The Bertz CT molecular complexity index is 2440. The highest BCUT2D eigenvalue weighted by atomic mass is 16.8. The molecule has 15 nitrogen and oxygen atoms in total. The summed E-state index contributed by atoms with van der Waals surface area (Å²) in [5, 5.41) is 14.9. The molecule has 0 saturated carbocycles. The summed E-state index contributed by atoms with van der Waals surface area (Å²) in [5.41, 5.74) is 4.78. The lowest BCUT2D eigenvalue weighted by molar-refractivity contribution is -0.391. The maximum Gasteiger partial charge on any atom is 0.217 e. The van der Waals surface area contributed by atoms with Gasteiger partial charge < -0.3 is 67.3 Å². The van der Waals surface area contributed by atoms with Crippen molar-refractivity contribution in [2.24, 2.45) is 0 Å². The molecule has 1 amide bonds. The Morgan fingerprint density at radius 3 is 1.51 bits per heavy atom. The van der Waals surface area contributed by atoms with Crippen LogP contribution in [-0.4, -0.2) is 122 Å². The van der Waals surface area contributed by atoms with Crippen molar-refractivity contribution >= 4 is 5.91 Å². The quantitative estimate of drug-likeness (QED) is 0.0740. The van der Waals surface area contributed by atoms with Gasteiger partial charge in [0.25, 0.3) is 0 Å². The molecule has 2 N–H and O–H groups in total. The molecule has 6 unspecified atom stereocenters. The second kappa shape index (κ2) is 25.7. The minimum Gasteiger partial charge on any atom is -0.388 e. The number of hydrogen-bond donors (Lipinski definition) is 2. The van der Waals surface area contributed by atoms with E-state index in [1.165, 1.54) is 6.92 Å². The molecule has 396 valence electrons. The summed E-state index contributed by atoms with van der Waals surface area (Å²) in [6.45, 7) is 10.2. The summed E-state index contributed by atoms with van der Waals surface area (Å²) in [5.74, 6) is -1.39. The number of benzene rings is 5. The highest BCUT2D eigenvalue weighted by Crippen LogP contribution is 2.39. The fourth-order valence-electron chi connectivity index (χ4n) is 10.1. The van der Waals surface area contributed by atoms with E-state index in [1.54, 1.807) is 13.8 Å². The van der Waals surface area contributed by atoms with Gasteiger partial charge in [0.2, 0.25) is 5.91 Å². The van der Waals surface area contributed by atoms with Gasteiger partial charge in [-0.3, -0.25) is 4.79 Å². The van der Waals surface area contributed by atoms with Gasteiger partial charge in [-0.2, -0.15) is 0 Å². The van der Waals surface area contributed by atoms with Crippen molar-refractivity contribution in [3.05, 3.63) is 179 Å². The average Bonchev–Trinajstić information content (AvgIpc) is 3.40. The fourth-order valence-corrected chi connectivity index (χ4v) is 10.1. The highest BCUT2D eigenvalue weighted by Gasteiger charge is 2.56. The van der Waals surface area contributed by atoms with Crippen LogP contribution in [0, 0.1) is 0 Å². The third-order valence-electron chi connectivity index (χ3n) is 13.8. The Labute approximate surface area is 434 Å². The van der Waals surface area contributed by atoms with Gasteiger partial charge in [0.05, 0.1) is 58.5 Å². The lowest BCUT2D eigenvalue weighted by Crippen LogP contribution is -2.70. The molecular formula is C59H71NO14. The number of rotatable bonds is 21. The summed E-state index contributed by atoms with van der Waals surface area (Å²) in [7, 11) is 0. The third kappa shape index (κ3) is 14.1. The molecule has 5 aromatic carbocycles. The first-order valence-corrected chi connectivity index (χ1v) is 25.8. The minimum atomic E-state index is -1.24. The molecule has 5 aromatic rings. The second-order valence-corrected chi connectivity index (χ2v) is 19.9. The number of fused-ring (bicyclic) bond motifs is 1. The van der Waals surface area contributed by atoms with E-state index in [2.05, 4.69) is 5.32 Å². The van der Waals surface area contributed by atoms with Gasteiger partial charge >= 0.3 is 0 Å². The van der Waals surface area contributed by atoms with Crippen molar-refractivity contribution in [2.45, 2.75) is 165 Å². The minimum absolute atomic E-state index is 0.106. The van der Waals surface area contributed by atoms with E-state index >= 15 is 0 Å². The number of nitrogens with one attached hydrogen (secondary N) is 1. The van der Waals surface area contributed by atoms with Crippen molar-refractivity contribution < 1.29 is 66.7 Å². The molecule has 4 aliphatic rings. The third-order valence-corrected chi connectivity index (χ3v) is 13.8. The molecule has 15 atom stereocenters. The molecular weight excluding hydrogens is 947 g/mol. The highest BCUT2D eigenvalue weighted by molar-refractivity contribution is 5.73. The summed E-state index contributed by atoms with van der Waals surface area (Å²) in [6, 6.07) is 48.6. The first kappa shape index (κ1) is 53.9. The smallest absolute Gasteiger partial charge is 0.217 e. The average molecular weight is 1020 g/mol. The SMILES string of the molecule is CC(=O)NC1[C@H](OC2[C@H](C)OC(C)[C@H](OCc3ccccc3)[C@@H]2O[C@H]2O[C@@H](COCc3ccccc3)[C@@H](OCc3ccccc3)C(OCc3ccccc3)C2OCc2ccccc2)OC2COC(C)(C)O[C@H]2[C@@H]1O. The van der Waals surface area contributed by atoms with Crippen LogP contribution in [0.15, 0.2) is 152 Å². The van der Waals surface area contributed by atoms with Gasteiger partial charge in [-0.25, -0.2) is 0 Å². The first-order chi connectivity index (χ1) is 36.0. The number of aliphatic hydroxyl groups is 1. The van der Waals surface area contributed by atoms with Crippen molar-refractivity contribution in [3.8, 4) is 0 Å². The molecule has 15 heteroatoms. The Morgan fingerprint density at radius 1 is 0.554 bits per heavy atom. The first-order valence-electron chi connectivity index (χ1n) is 25.8. The van der Waals surface area contributed by atoms with Crippen LogP contribution >= 0.6 is 0 Å². The Balaban J connectivity index is 1.10. The maximum absolute atomic E-state index is 12.9. The van der Waals surface area contributed by atoms with E-state index in [0.29, 0.717) is 6.61 Å². The zero-order valence-electron chi connectivity index (χ0n) is 42.8. The fraction of sp³-hybridized carbons (Fsp3) is 0.475. The number of carbonyl (C=O) groups excluding carboxylic acids is 1. The summed E-state index contributed by atoms with van der Waals surface area (Å²) < 4.78 is 81.6. The molecule has 74 heavy (non-hydrogen) atoms. The number of aliphatic hydroxyl groups excluding tert-OH is 1. The van der Waals surface area contributed by atoms with E-state index in [0.717, 1.165) is 27.8 Å². The van der Waals surface area contributed by atoms with E-state index in [9.17, 15) is 9.90 Å². The maximum atomic E-state index is 12.9. The van der Waals surface area contributed by atoms with Crippen molar-refractivity contribution in [1.29, 1.82) is 0 Å². The van der Waals surface area contributed by atoms with Crippen LogP contribution in [0.4, 0.5) is 0 Å². The molecule has 0 spiro atoms. The van der Waals surface area contributed by atoms with Crippen molar-refractivity contribution in [3.63, 3.8) is 0 Å². The topological polar surface area (TPSA) is 160 Å². The van der Waals surface area contributed by atoms with Gasteiger partial charge in [0.15, 0.2) is 18.4 Å². The largest absolute Gasteiger partial charge is 0.388 e. The summed E-state index contributed by atoms with van der Waals surface area (Å²) >= 11 is 0. The number of hydrogen-bond acceptors (Lipinski definition) is 14. The Morgan fingerprint density at radius 2 is 1.00 bits per heavy atom. The second-order valence-electron chi connectivity index (χ2n) is 19.9. The normalized spacial score (nSPS) is 31.8. The monoisotopic (exact) mass is 1020 g/mol. The standard InChI is InChI=1S/C59H71NO14/c1-38-50(64-32-42-23-13-7-14-24-42)55(51(39(2)69-38)72-57-48(60-40(3)61)49(62)52-47(70-57)37-68-59(4,5)74-52)73-58-56(67-35-45-29-19-10-20-30-45)54(66-34-44-27-17-9-18-28-44)53(65-33-43-25-15-8-16-26-43)46(71-58)36-63-31-41-21-11-6-12-22-41/h6-30,38-39,46-58,62H,31-37H2,1-5H3,(H,60,61)/t38?,39-,46-,47?,48?,49+,50-,51?,52+,53+,54?,55-,56?,57-,58+/m0/s1. The molecule has 4 heterocycles. The molecule has 4 fully saturated rings. The van der Waals surface area contributed by atoms with Crippen LogP contribution in [0.3, 0.4) is 0 Å². The van der Waals surface area contributed by atoms with Crippen LogP contribution in [0.25, 0.3) is 0 Å². The van der Waals surface area contributed by atoms with Gasteiger partial charge in [-0.05, 0) is 55.5 Å². The Hall–Kier alpha value is -4.95. The summed E-state index contributed by atoms with van der Waals surface area (Å²) in [6.07, 6.45) is -12.2. The van der Waals surface area contributed by atoms with Crippen LogP contribution in [-0.2, 0) is 94.7 Å². The van der Waals surface area contributed by atoms with Crippen LogP contribution in [0.1, 0.15) is 62.4 Å². The number of carbonyl (C=O) groups is 1. The van der Waals surface area contributed by atoms with Crippen LogP contribution in [0.2, 0.25) is 0 Å². The van der Waals surface area contributed by atoms with Gasteiger partial charge in [0.1, 0.15) is 67.1 Å². The van der Waals surface area contributed by atoms with Gasteiger partial charge in [-0.1, -0.05) is 152 Å². The molecule has 0 aliphatic carbocycles. The lowest BCUT2D eigenvalue weighted by Gasteiger charge is -2.52. The zero-order valence-corrected chi connectivity index (χ0v) is 42.8. The van der Waals surface area contributed by atoms with E-state index in [1.807, 2.05) is 166 Å². The Kier molecular flexibility index (Phi) is 18.7. The van der Waals surface area contributed by atoms with Gasteiger partial charge in [-0.15, -0.1) is 0 Å². The van der Waals surface area contributed by atoms with Crippen LogP contribution in [0.5, 0.6) is 0 Å². The molecule has 0 bridgehead atoms. The number of amides is 1. The molecule has 9 rings (SSSR count). The predicted molar refractivity (Wildman–Crippen MR) is 272 cm³/mol. The molecule has 4 saturated heterocycles. The lowest BCUT2D eigenvalue weighted by atomic mass is 9.93. The molecule has 0 aromatic heterocycles.